The molecule has 1 atom stereocenters. The van der Waals surface area contributed by atoms with Gasteiger partial charge in [-0.3, -0.25) is 14.2 Å². The molecule has 1 amide bonds. The van der Waals surface area contributed by atoms with E-state index in [-0.39, 0.29) is 29.7 Å². The van der Waals surface area contributed by atoms with Crippen LogP contribution in [0.25, 0.3) is 10.9 Å². The maximum Gasteiger partial charge on any atom is 0.338 e. The monoisotopic (exact) mass is 445 g/mol. The highest BCUT2D eigenvalue weighted by Gasteiger charge is 2.22. The van der Waals surface area contributed by atoms with E-state index in [9.17, 15) is 14.4 Å². The number of nitrogens with zero attached hydrogens (tertiary/aromatic N) is 2. The number of rotatable bonds is 4. The van der Waals surface area contributed by atoms with Gasteiger partial charge in [0.05, 0.1) is 22.5 Å². The lowest BCUT2D eigenvalue weighted by molar-refractivity contribution is -0.125. The lowest BCUT2D eigenvalue weighted by Gasteiger charge is -2.26. The van der Waals surface area contributed by atoms with Crippen molar-refractivity contribution in [2.24, 2.45) is 0 Å². The molecule has 1 aromatic heterocycles. The lowest BCUT2D eigenvalue weighted by Crippen LogP contribution is -2.34. The second kappa shape index (κ2) is 9.17. The highest BCUT2D eigenvalue weighted by Crippen LogP contribution is 2.29. The zero-order valence-electron chi connectivity index (χ0n) is 18.5. The molecular weight excluding hydrogens is 418 g/mol. The summed E-state index contributed by atoms with van der Waals surface area (Å²) in [7, 11) is 0. The van der Waals surface area contributed by atoms with E-state index >= 15 is 0 Å². The number of carbonyl (C=O) groups excluding carboxylic acids is 2. The summed E-state index contributed by atoms with van der Waals surface area (Å²) in [4.78, 5) is 42.6. The Balaban J connectivity index is 1.27. The van der Waals surface area contributed by atoms with Crippen LogP contribution in [0.1, 0.15) is 65.5 Å². The Morgan fingerprint density at radius 2 is 1.94 bits per heavy atom. The molecule has 0 spiro atoms. The molecule has 1 aliphatic carbocycles. The molecule has 0 fully saturated rings. The zero-order valence-corrected chi connectivity index (χ0v) is 18.5. The number of esters is 1. The number of amides is 1. The lowest BCUT2D eigenvalue weighted by atomic mass is 9.88. The molecule has 0 saturated carbocycles. The highest BCUT2D eigenvalue weighted by atomic mass is 16.5. The van der Waals surface area contributed by atoms with Gasteiger partial charge >= 0.3 is 5.97 Å². The Labute approximate surface area is 191 Å². The number of ether oxygens (including phenoxy) is 1. The van der Waals surface area contributed by atoms with Crippen molar-refractivity contribution in [3.8, 4) is 0 Å². The van der Waals surface area contributed by atoms with E-state index in [1.54, 1.807) is 22.8 Å². The Bertz CT molecular complexity index is 1280. The molecule has 5 rings (SSSR count). The van der Waals surface area contributed by atoms with E-state index in [0.717, 1.165) is 56.3 Å². The molecule has 3 aromatic rings. The second-order valence-corrected chi connectivity index (χ2v) is 8.81. The summed E-state index contributed by atoms with van der Waals surface area (Å²) in [6.07, 6.45) is 6.69. The van der Waals surface area contributed by atoms with Crippen LogP contribution in [0, 0.1) is 0 Å². The fourth-order valence-electron chi connectivity index (χ4n) is 4.90. The second-order valence-electron chi connectivity index (χ2n) is 8.81. The van der Waals surface area contributed by atoms with Gasteiger partial charge in [-0.05, 0) is 61.4 Å². The topological polar surface area (TPSA) is 90.3 Å². The molecule has 33 heavy (non-hydrogen) atoms. The molecular formula is C26H27N3O4. The van der Waals surface area contributed by atoms with Gasteiger partial charge in [-0.1, -0.05) is 30.7 Å². The number of aryl methyl sites for hydroxylation is 2. The first-order chi connectivity index (χ1) is 16.1. The van der Waals surface area contributed by atoms with Gasteiger partial charge in [0.1, 0.15) is 5.82 Å². The van der Waals surface area contributed by atoms with E-state index in [1.165, 1.54) is 5.56 Å². The van der Waals surface area contributed by atoms with E-state index < -0.39 is 5.97 Å². The predicted octanol–water partition coefficient (Wildman–Crippen LogP) is 3.47. The van der Waals surface area contributed by atoms with Crippen molar-refractivity contribution in [1.29, 1.82) is 0 Å². The van der Waals surface area contributed by atoms with Crippen molar-refractivity contribution < 1.29 is 14.3 Å². The average molecular weight is 446 g/mol. The van der Waals surface area contributed by atoms with Gasteiger partial charge in [-0.15, -0.1) is 0 Å². The molecule has 2 heterocycles. The third kappa shape index (κ3) is 4.40. The maximum absolute atomic E-state index is 12.9. The SMILES string of the molecule is O=C(COC(=O)c1ccc2c(=O)n3c(nc2c1)CCCCC3)NC1CCCc2ccccc21. The van der Waals surface area contributed by atoms with Crippen molar-refractivity contribution >= 4 is 22.8 Å². The molecule has 7 heteroatoms. The number of hydrogen-bond acceptors (Lipinski definition) is 5. The molecule has 1 aliphatic heterocycles. The summed E-state index contributed by atoms with van der Waals surface area (Å²) in [6, 6.07) is 12.8. The number of hydrogen-bond donors (Lipinski definition) is 1. The molecule has 1 N–H and O–H groups in total. The molecule has 0 saturated heterocycles. The van der Waals surface area contributed by atoms with Crippen LogP contribution >= 0.6 is 0 Å². The first-order valence-corrected chi connectivity index (χ1v) is 11.7. The number of aromatic nitrogens is 2. The number of fused-ring (bicyclic) bond motifs is 3. The third-order valence-corrected chi connectivity index (χ3v) is 6.59. The Kier molecular flexibility index (Phi) is 5.94. The van der Waals surface area contributed by atoms with Gasteiger partial charge in [-0.25, -0.2) is 9.78 Å². The molecule has 0 radical (unpaired) electrons. The summed E-state index contributed by atoms with van der Waals surface area (Å²) < 4.78 is 7.02. The molecule has 1 unspecified atom stereocenters. The first-order valence-electron chi connectivity index (χ1n) is 11.7. The van der Waals surface area contributed by atoms with Crippen LogP contribution in [-0.2, 0) is 28.9 Å². The van der Waals surface area contributed by atoms with E-state index in [4.69, 9.17) is 4.74 Å². The van der Waals surface area contributed by atoms with Crippen LogP contribution in [0.5, 0.6) is 0 Å². The summed E-state index contributed by atoms with van der Waals surface area (Å²) >= 11 is 0. The van der Waals surface area contributed by atoms with Crippen molar-refractivity contribution in [2.75, 3.05) is 6.61 Å². The molecule has 0 bridgehead atoms. The van der Waals surface area contributed by atoms with Crippen LogP contribution in [-0.4, -0.2) is 28.0 Å². The summed E-state index contributed by atoms with van der Waals surface area (Å²) in [6.45, 7) is 0.331. The quantitative estimate of drug-likeness (QED) is 0.621. The summed E-state index contributed by atoms with van der Waals surface area (Å²) in [5.74, 6) is -0.164. The number of benzene rings is 2. The van der Waals surface area contributed by atoms with E-state index in [1.807, 2.05) is 18.2 Å². The predicted molar refractivity (Wildman–Crippen MR) is 124 cm³/mol. The normalized spacial score (nSPS) is 17.5. The van der Waals surface area contributed by atoms with Crippen LogP contribution in [0.15, 0.2) is 47.3 Å². The Hall–Kier alpha value is -3.48. The maximum atomic E-state index is 12.9. The Morgan fingerprint density at radius 1 is 1.06 bits per heavy atom. The van der Waals surface area contributed by atoms with Crippen molar-refractivity contribution in [3.63, 3.8) is 0 Å². The van der Waals surface area contributed by atoms with Gasteiger partial charge in [0.15, 0.2) is 6.61 Å². The number of nitrogens with one attached hydrogen (secondary N) is 1. The minimum absolute atomic E-state index is 0.0609. The van der Waals surface area contributed by atoms with Crippen LogP contribution in [0.2, 0.25) is 0 Å². The van der Waals surface area contributed by atoms with Crippen LogP contribution in [0.3, 0.4) is 0 Å². The molecule has 2 aromatic carbocycles. The van der Waals surface area contributed by atoms with E-state index in [2.05, 4.69) is 16.4 Å². The largest absolute Gasteiger partial charge is 0.452 e. The van der Waals surface area contributed by atoms with Crippen LogP contribution in [0.4, 0.5) is 0 Å². The minimum atomic E-state index is -0.604. The van der Waals surface area contributed by atoms with Gasteiger partial charge in [0, 0.05) is 13.0 Å². The molecule has 170 valence electrons. The average Bonchev–Trinajstić information content (AvgIpc) is 3.08. The van der Waals surface area contributed by atoms with Gasteiger partial charge in [0.2, 0.25) is 0 Å². The van der Waals surface area contributed by atoms with Crippen LogP contribution < -0.4 is 10.9 Å². The van der Waals surface area contributed by atoms with E-state index in [0.29, 0.717) is 17.4 Å². The Morgan fingerprint density at radius 3 is 2.85 bits per heavy atom. The van der Waals surface area contributed by atoms with Crippen molar-refractivity contribution in [1.82, 2.24) is 14.9 Å². The molecule has 2 aliphatic rings. The third-order valence-electron chi connectivity index (χ3n) is 6.59. The summed E-state index contributed by atoms with van der Waals surface area (Å²) in [5, 5.41) is 3.48. The highest BCUT2D eigenvalue weighted by molar-refractivity contribution is 5.95. The zero-order chi connectivity index (χ0) is 22.8. The fraction of sp³-hybridized carbons (Fsp3) is 0.385. The minimum Gasteiger partial charge on any atom is -0.452 e. The van der Waals surface area contributed by atoms with Crippen molar-refractivity contribution in [3.05, 3.63) is 75.3 Å². The van der Waals surface area contributed by atoms with Crippen molar-refractivity contribution in [2.45, 2.75) is 57.5 Å². The smallest absolute Gasteiger partial charge is 0.338 e. The first kappa shape index (κ1) is 21.4. The standard InChI is InChI=1S/C26H27N3O4/c30-24(28-21-10-6-8-17-7-3-4-9-19(17)21)16-33-26(32)18-12-13-20-22(15-18)27-23-11-2-1-5-14-29(23)25(20)31/h3-4,7,9,12-13,15,21H,1-2,5-6,8,10-11,14,16H2,(H,28,30). The van der Waals surface area contributed by atoms with Gasteiger partial charge < -0.3 is 10.1 Å². The number of carbonyl (C=O) groups is 2. The molecule has 7 nitrogen and oxygen atoms in total. The van der Waals surface area contributed by atoms with Gasteiger partial charge in [-0.2, -0.15) is 0 Å². The fourth-order valence-corrected chi connectivity index (χ4v) is 4.90. The van der Waals surface area contributed by atoms with Gasteiger partial charge in [0.25, 0.3) is 11.5 Å². The summed E-state index contributed by atoms with van der Waals surface area (Å²) in [5.41, 5.74) is 3.09.